The molecule has 1 N–H and O–H groups in total. The van der Waals surface area contributed by atoms with E-state index in [4.69, 9.17) is 0 Å². The highest BCUT2D eigenvalue weighted by atomic mass is 16.1. The van der Waals surface area contributed by atoms with E-state index >= 15 is 0 Å². The summed E-state index contributed by atoms with van der Waals surface area (Å²) in [7, 11) is 2.14. The van der Waals surface area contributed by atoms with Gasteiger partial charge in [-0.1, -0.05) is 59.7 Å². The molecule has 1 aliphatic rings. The standard InChI is InChI=1S/C22H23NO/c1-16-4-8-18(9-5-16)12-20-14-23(3)15-21(22(20)24)13-19-10-6-17(2)7-11-19/h4-13H,14-15H2,1-3H3/p+1/b20-12-,21-13-. The normalized spacial score (nSPS) is 21.5. The minimum atomic E-state index is 0.182. The molecule has 1 aliphatic heterocycles. The van der Waals surface area contributed by atoms with Crippen LogP contribution in [0, 0.1) is 13.8 Å². The number of likely N-dealkylation sites (tertiary alicyclic amines) is 1. The predicted octanol–water partition coefficient (Wildman–Crippen LogP) is 2.87. The molecule has 0 spiro atoms. The van der Waals surface area contributed by atoms with Crippen LogP contribution in [0.1, 0.15) is 22.3 Å². The Morgan fingerprint density at radius 3 is 1.50 bits per heavy atom. The molecule has 3 rings (SSSR count). The molecule has 2 aromatic rings. The number of likely N-dealkylation sites (N-methyl/N-ethyl adjacent to an activating group) is 1. The number of carbonyl (C=O) groups excluding carboxylic acids is 1. The number of hydrogen-bond donors (Lipinski definition) is 1. The monoisotopic (exact) mass is 318 g/mol. The van der Waals surface area contributed by atoms with Crippen LogP contribution in [0.3, 0.4) is 0 Å². The summed E-state index contributed by atoms with van der Waals surface area (Å²) in [5, 5.41) is 0. The van der Waals surface area contributed by atoms with Crippen molar-refractivity contribution in [1.82, 2.24) is 0 Å². The number of quaternary nitrogens is 1. The second-order valence-corrected chi connectivity index (χ2v) is 6.80. The molecule has 0 aromatic heterocycles. The maximum atomic E-state index is 12.9. The first-order chi connectivity index (χ1) is 11.5. The van der Waals surface area contributed by atoms with E-state index in [-0.39, 0.29) is 5.78 Å². The number of Topliss-reactive ketones (excluding diaryl/α,β-unsaturated/α-hetero) is 1. The van der Waals surface area contributed by atoms with Gasteiger partial charge in [-0.2, -0.15) is 0 Å². The molecule has 1 heterocycles. The Morgan fingerprint density at radius 2 is 1.12 bits per heavy atom. The van der Waals surface area contributed by atoms with Crippen LogP contribution in [0.15, 0.2) is 59.7 Å². The van der Waals surface area contributed by atoms with E-state index in [1.807, 2.05) is 12.2 Å². The number of piperidine rings is 1. The fourth-order valence-electron chi connectivity index (χ4n) is 3.04. The molecule has 0 bridgehead atoms. The Labute approximate surface area is 144 Å². The van der Waals surface area contributed by atoms with Gasteiger partial charge in [-0.05, 0) is 37.1 Å². The Balaban J connectivity index is 1.90. The molecule has 0 atom stereocenters. The number of rotatable bonds is 2. The van der Waals surface area contributed by atoms with Crippen LogP contribution in [0.4, 0.5) is 0 Å². The number of ketones is 1. The highest BCUT2D eigenvalue weighted by Crippen LogP contribution is 2.16. The topological polar surface area (TPSA) is 21.5 Å². The fraction of sp³-hybridized carbons (Fsp3) is 0.227. The van der Waals surface area contributed by atoms with Crippen LogP contribution in [0.25, 0.3) is 12.2 Å². The van der Waals surface area contributed by atoms with Crippen LogP contribution < -0.4 is 4.90 Å². The first-order valence-corrected chi connectivity index (χ1v) is 8.42. The molecular weight excluding hydrogens is 294 g/mol. The Morgan fingerprint density at radius 1 is 0.750 bits per heavy atom. The Kier molecular flexibility index (Phi) is 4.77. The Bertz CT molecular complexity index is 727. The van der Waals surface area contributed by atoms with Crippen molar-refractivity contribution in [2.24, 2.45) is 0 Å². The van der Waals surface area contributed by atoms with E-state index in [0.29, 0.717) is 0 Å². The van der Waals surface area contributed by atoms with Gasteiger partial charge < -0.3 is 4.90 Å². The van der Waals surface area contributed by atoms with Crippen molar-refractivity contribution >= 4 is 17.9 Å². The van der Waals surface area contributed by atoms with E-state index in [0.717, 1.165) is 35.4 Å². The predicted molar refractivity (Wildman–Crippen MR) is 99.9 cm³/mol. The van der Waals surface area contributed by atoms with Gasteiger partial charge in [-0.25, -0.2) is 0 Å². The number of nitrogens with one attached hydrogen (secondary N) is 1. The second kappa shape index (κ2) is 6.98. The Hall–Kier alpha value is -2.45. The minimum absolute atomic E-state index is 0.182. The number of hydrogen-bond acceptors (Lipinski definition) is 1. The number of aryl methyl sites for hydroxylation is 2. The average molecular weight is 318 g/mol. The zero-order valence-corrected chi connectivity index (χ0v) is 14.6. The molecular formula is C22H24NO+. The zero-order chi connectivity index (χ0) is 17.1. The molecule has 1 saturated heterocycles. The highest BCUT2D eigenvalue weighted by Gasteiger charge is 2.26. The molecule has 1 fully saturated rings. The van der Waals surface area contributed by atoms with Crippen LogP contribution in [-0.2, 0) is 4.79 Å². The average Bonchev–Trinajstić information content (AvgIpc) is 2.56. The van der Waals surface area contributed by atoms with Crippen molar-refractivity contribution in [2.75, 3.05) is 20.1 Å². The molecule has 0 unspecified atom stereocenters. The van der Waals surface area contributed by atoms with Crippen molar-refractivity contribution in [3.8, 4) is 0 Å². The zero-order valence-electron chi connectivity index (χ0n) is 14.6. The third-order valence-electron chi connectivity index (χ3n) is 4.40. The lowest BCUT2D eigenvalue weighted by Gasteiger charge is -2.23. The number of carbonyl (C=O) groups is 1. The molecule has 122 valence electrons. The van der Waals surface area contributed by atoms with Crippen molar-refractivity contribution in [3.63, 3.8) is 0 Å². The van der Waals surface area contributed by atoms with Gasteiger partial charge in [0.15, 0.2) is 5.78 Å². The van der Waals surface area contributed by atoms with Gasteiger partial charge in [0, 0.05) is 0 Å². The molecule has 24 heavy (non-hydrogen) atoms. The molecule has 2 nitrogen and oxygen atoms in total. The quantitative estimate of drug-likeness (QED) is 0.845. The lowest BCUT2D eigenvalue weighted by molar-refractivity contribution is -0.870. The van der Waals surface area contributed by atoms with Gasteiger partial charge in [0.1, 0.15) is 13.1 Å². The first-order valence-electron chi connectivity index (χ1n) is 8.42. The smallest absolute Gasteiger partial charge is 0.196 e. The lowest BCUT2D eigenvalue weighted by atomic mass is 9.94. The fourth-order valence-corrected chi connectivity index (χ4v) is 3.04. The summed E-state index contributed by atoms with van der Waals surface area (Å²) < 4.78 is 0. The van der Waals surface area contributed by atoms with Crippen molar-refractivity contribution in [1.29, 1.82) is 0 Å². The van der Waals surface area contributed by atoms with Gasteiger partial charge in [0.25, 0.3) is 0 Å². The summed E-state index contributed by atoms with van der Waals surface area (Å²) in [4.78, 5) is 14.2. The first kappa shape index (κ1) is 16.4. The molecule has 0 aliphatic carbocycles. The van der Waals surface area contributed by atoms with E-state index in [9.17, 15) is 4.79 Å². The van der Waals surface area contributed by atoms with Crippen LogP contribution in [0.5, 0.6) is 0 Å². The van der Waals surface area contributed by atoms with Crippen molar-refractivity contribution in [2.45, 2.75) is 13.8 Å². The highest BCUT2D eigenvalue weighted by molar-refractivity contribution is 6.14. The van der Waals surface area contributed by atoms with Crippen LogP contribution in [-0.4, -0.2) is 25.9 Å². The third kappa shape index (κ3) is 3.90. The van der Waals surface area contributed by atoms with Gasteiger partial charge in [0.05, 0.1) is 18.2 Å². The second-order valence-electron chi connectivity index (χ2n) is 6.80. The van der Waals surface area contributed by atoms with E-state index in [1.165, 1.54) is 16.0 Å². The molecule has 0 saturated carbocycles. The lowest BCUT2D eigenvalue weighted by Crippen LogP contribution is -3.10. The summed E-state index contributed by atoms with van der Waals surface area (Å²) in [6.07, 6.45) is 4.07. The van der Waals surface area contributed by atoms with Gasteiger partial charge in [0.2, 0.25) is 0 Å². The summed E-state index contributed by atoms with van der Waals surface area (Å²) in [5.74, 6) is 0.182. The third-order valence-corrected chi connectivity index (χ3v) is 4.40. The summed E-state index contributed by atoms with van der Waals surface area (Å²) in [5.41, 5.74) is 6.42. The SMILES string of the molecule is Cc1ccc(/C=C2/C[NH+](C)C/C(=C/c3ccc(C)cc3)C2=O)cc1. The maximum Gasteiger partial charge on any atom is 0.196 e. The minimum Gasteiger partial charge on any atom is -0.330 e. The largest absolute Gasteiger partial charge is 0.330 e. The van der Waals surface area contributed by atoms with Crippen molar-refractivity contribution in [3.05, 3.63) is 81.9 Å². The number of benzene rings is 2. The summed E-state index contributed by atoms with van der Waals surface area (Å²) >= 11 is 0. The van der Waals surface area contributed by atoms with Gasteiger partial charge >= 0.3 is 0 Å². The van der Waals surface area contributed by atoms with E-state index in [2.05, 4.69) is 69.4 Å². The molecule has 2 heteroatoms. The van der Waals surface area contributed by atoms with Gasteiger partial charge in [-0.3, -0.25) is 4.79 Å². The van der Waals surface area contributed by atoms with Gasteiger partial charge in [-0.15, -0.1) is 0 Å². The molecule has 0 radical (unpaired) electrons. The van der Waals surface area contributed by atoms with Crippen molar-refractivity contribution < 1.29 is 9.69 Å². The maximum absolute atomic E-state index is 12.9. The molecule has 0 amide bonds. The van der Waals surface area contributed by atoms with E-state index < -0.39 is 0 Å². The van der Waals surface area contributed by atoms with Crippen LogP contribution in [0.2, 0.25) is 0 Å². The van der Waals surface area contributed by atoms with E-state index in [1.54, 1.807) is 0 Å². The summed E-state index contributed by atoms with van der Waals surface area (Å²) in [6, 6.07) is 16.6. The van der Waals surface area contributed by atoms with Crippen LogP contribution >= 0.6 is 0 Å². The molecule has 2 aromatic carbocycles. The summed E-state index contributed by atoms with van der Waals surface area (Å²) in [6.45, 7) is 5.70.